The number of nitrogens with zero attached hydrogens (tertiary/aromatic N) is 2. The standard InChI is InChI=1S/C25H21N3O3/c1-2-14-31-19-9-7-8-18(15-19)16-26-27-24(29)17-28-22-12-5-3-10-20(22)25(30)21-11-4-6-13-23(21)28/h2-13,15-16H,1,14,17H2,(H,27,29)/b26-16-. The number of carbonyl (C=O) groups is 1. The van der Waals surface area contributed by atoms with E-state index in [4.69, 9.17) is 4.74 Å². The van der Waals surface area contributed by atoms with Gasteiger partial charge in [-0.15, -0.1) is 0 Å². The summed E-state index contributed by atoms with van der Waals surface area (Å²) < 4.78 is 7.33. The molecule has 4 rings (SSSR count). The Balaban J connectivity index is 1.56. The molecule has 0 unspecified atom stereocenters. The molecular weight excluding hydrogens is 390 g/mol. The second kappa shape index (κ2) is 9.09. The van der Waals surface area contributed by atoms with Crippen molar-refractivity contribution in [2.45, 2.75) is 6.54 Å². The van der Waals surface area contributed by atoms with Crippen LogP contribution in [0.15, 0.2) is 95.3 Å². The summed E-state index contributed by atoms with van der Waals surface area (Å²) in [4.78, 5) is 25.4. The quantitative estimate of drug-likeness (QED) is 0.217. The third-order valence-electron chi connectivity index (χ3n) is 4.81. The Kier molecular flexibility index (Phi) is 5.89. The minimum Gasteiger partial charge on any atom is -0.490 e. The number of hydrogen-bond donors (Lipinski definition) is 1. The van der Waals surface area contributed by atoms with Gasteiger partial charge in [0.15, 0.2) is 5.43 Å². The molecule has 1 heterocycles. The topological polar surface area (TPSA) is 72.7 Å². The lowest BCUT2D eigenvalue weighted by Crippen LogP contribution is -2.25. The van der Waals surface area contributed by atoms with Gasteiger partial charge in [0.05, 0.1) is 17.2 Å². The second-order valence-electron chi connectivity index (χ2n) is 6.91. The molecule has 1 aromatic heterocycles. The zero-order valence-electron chi connectivity index (χ0n) is 16.8. The number of carbonyl (C=O) groups excluding carboxylic acids is 1. The molecule has 6 nitrogen and oxygen atoms in total. The number of hydrazone groups is 1. The van der Waals surface area contributed by atoms with E-state index >= 15 is 0 Å². The van der Waals surface area contributed by atoms with Crippen LogP contribution in [-0.2, 0) is 11.3 Å². The van der Waals surface area contributed by atoms with Crippen LogP contribution < -0.4 is 15.6 Å². The molecule has 0 atom stereocenters. The predicted molar refractivity (Wildman–Crippen MR) is 124 cm³/mol. The first kappa shape index (κ1) is 20.1. The molecule has 1 amide bonds. The van der Waals surface area contributed by atoms with Gasteiger partial charge in [-0.2, -0.15) is 5.10 Å². The first-order valence-corrected chi connectivity index (χ1v) is 9.83. The molecule has 0 bridgehead atoms. The van der Waals surface area contributed by atoms with Crippen LogP contribution >= 0.6 is 0 Å². The van der Waals surface area contributed by atoms with Gasteiger partial charge in [0.1, 0.15) is 18.9 Å². The molecule has 0 saturated carbocycles. The van der Waals surface area contributed by atoms with Crippen molar-refractivity contribution in [2.75, 3.05) is 6.61 Å². The molecule has 0 aliphatic carbocycles. The number of amides is 1. The number of rotatable bonds is 7. The van der Waals surface area contributed by atoms with Crippen molar-refractivity contribution in [3.8, 4) is 5.75 Å². The summed E-state index contributed by atoms with van der Waals surface area (Å²) in [6.07, 6.45) is 3.23. The third-order valence-corrected chi connectivity index (χ3v) is 4.81. The Morgan fingerprint density at radius 2 is 1.68 bits per heavy atom. The van der Waals surface area contributed by atoms with Crippen LogP contribution in [0.2, 0.25) is 0 Å². The van der Waals surface area contributed by atoms with Crippen molar-refractivity contribution in [1.82, 2.24) is 9.99 Å². The van der Waals surface area contributed by atoms with E-state index in [1.54, 1.807) is 24.4 Å². The fourth-order valence-electron chi connectivity index (χ4n) is 3.44. The maximum absolute atomic E-state index is 12.8. The van der Waals surface area contributed by atoms with Crippen LogP contribution in [0.25, 0.3) is 21.8 Å². The van der Waals surface area contributed by atoms with E-state index in [-0.39, 0.29) is 17.9 Å². The Hall–Kier alpha value is -4.19. The van der Waals surface area contributed by atoms with Gasteiger partial charge < -0.3 is 9.30 Å². The SMILES string of the molecule is C=CCOc1cccc(/C=N\NC(=O)Cn2c3ccccc3c(=O)c3ccccc32)c1. The summed E-state index contributed by atoms with van der Waals surface area (Å²) in [6, 6.07) is 21.9. The summed E-state index contributed by atoms with van der Waals surface area (Å²) in [5.41, 5.74) is 4.72. The number of benzene rings is 3. The monoisotopic (exact) mass is 411 g/mol. The molecule has 31 heavy (non-hydrogen) atoms. The number of para-hydroxylation sites is 2. The van der Waals surface area contributed by atoms with E-state index in [0.717, 1.165) is 5.56 Å². The van der Waals surface area contributed by atoms with Crippen molar-refractivity contribution in [3.05, 3.63) is 101 Å². The number of nitrogens with one attached hydrogen (secondary N) is 1. The van der Waals surface area contributed by atoms with Gasteiger partial charge >= 0.3 is 0 Å². The van der Waals surface area contributed by atoms with Gasteiger partial charge in [-0.3, -0.25) is 9.59 Å². The molecule has 6 heteroatoms. The normalized spacial score (nSPS) is 11.1. The van der Waals surface area contributed by atoms with Crippen molar-refractivity contribution in [1.29, 1.82) is 0 Å². The molecule has 0 aliphatic heterocycles. The van der Waals surface area contributed by atoms with Gasteiger partial charge in [0, 0.05) is 10.8 Å². The fourth-order valence-corrected chi connectivity index (χ4v) is 3.44. The average molecular weight is 411 g/mol. The smallest absolute Gasteiger partial charge is 0.260 e. The third kappa shape index (κ3) is 4.38. The Morgan fingerprint density at radius 3 is 2.35 bits per heavy atom. The molecule has 0 saturated heterocycles. The first-order valence-electron chi connectivity index (χ1n) is 9.83. The van der Waals surface area contributed by atoms with Crippen molar-refractivity contribution < 1.29 is 9.53 Å². The molecule has 154 valence electrons. The van der Waals surface area contributed by atoms with Gasteiger partial charge in [0.25, 0.3) is 5.91 Å². The molecule has 0 spiro atoms. The summed E-state index contributed by atoms with van der Waals surface area (Å²) in [5.74, 6) is 0.399. The highest BCUT2D eigenvalue weighted by Gasteiger charge is 2.12. The highest BCUT2D eigenvalue weighted by molar-refractivity contribution is 5.95. The van der Waals surface area contributed by atoms with Gasteiger partial charge in [-0.05, 0) is 42.0 Å². The minimum atomic E-state index is -0.297. The van der Waals surface area contributed by atoms with E-state index in [2.05, 4.69) is 17.1 Å². The van der Waals surface area contributed by atoms with E-state index in [1.165, 1.54) is 0 Å². The zero-order valence-corrected chi connectivity index (χ0v) is 16.8. The van der Waals surface area contributed by atoms with E-state index < -0.39 is 0 Å². The number of fused-ring (bicyclic) bond motifs is 2. The van der Waals surface area contributed by atoms with Crippen LogP contribution in [0.3, 0.4) is 0 Å². The van der Waals surface area contributed by atoms with Crippen molar-refractivity contribution >= 4 is 33.9 Å². The summed E-state index contributed by atoms with van der Waals surface area (Å²) in [5, 5.41) is 5.22. The molecule has 0 fully saturated rings. The van der Waals surface area contributed by atoms with E-state index in [1.807, 2.05) is 65.2 Å². The molecule has 0 aliphatic rings. The van der Waals surface area contributed by atoms with Gasteiger partial charge in [-0.25, -0.2) is 5.43 Å². The number of pyridine rings is 1. The van der Waals surface area contributed by atoms with Crippen molar-refractivity contribution in [3.63, 3.8) is 0 Å². The highest BCUT2D eigenvalue weighted by Crippen LogP contribution is 2.19. The summed E-state index contributed by atoms with van der Waals surface area (Å²) in [7, 11) is 0. The highest BCUT2D eigenvalue weighted by atomic mass is 16.5. The van der Waals surface area contributed by atoms with E-state index in [9.17, 15) is 9.59 Å². The Morgan fingerprint density at radius 1 is 1.00 bits per heavy atom. The molecule has 1 N–H and O–H groups in total. The lowest BCUT2D eigenvalue weighted by Gasteiger charge is -2.14. The Labute approximate surface area is 179 Å². The lowest BCUT2D eigenvalue weighted by atomic mass is 10.1. The van der Waals surface area contributed by atoms with Crippen molar-refractivity contribution in [2.24, 2.45) is 5.10 Å². The van der Waals surface area contributed by atoms with Crippen LogP contribution in [0.5, 0.6) is 5.75 Å². The number of aromatic nitrogens is 1. The Bertz CT molecular complexity index is 1300. The largest absolute Gasteiger partial charge is 0.490 e. The summed E-state index contributed by atoms with van der Waals surface area (Å²) in [6.45, 7) is 4.07. The maximum atomic E-state index is 12.8. The van der Waals surface area contributed by atoms with Crippen LogP contribution in [-0.4, -0.2) is 23.3 Å². The molecule has 3 aromatic carbocycles. The number of ether oxygens (including phenoxy) is 1. The average Bonchev–Trinajstić information content (AvgIpc) is 2.81. The minimum absolute atomic E-state index is 0.0289. The van der Waals surface area contributed by atoms with Gasteiger partial charge in [0.2, 0.25) is 0 Å². The van der Waals surface area contributed by atoms with Gasteiger partial charge in [-0.1, -0.05) is 49.1 Å². The molecule has 0 radical (unpaired) electrons. The molecule has 4 aromatic rings. The summed E-state index contributed by atoms with van der Waals surface area (Å²) >= 11 is 0. The van der Waals surface area contributed by atoms with Crippen LogP contribution in [0.4, 0.5) is 0 Å². The second-order valence-corrected chi connectivity index (χ2v) is 6.91. The maximum Gasteiger partial charge on any atom is 0.260 e. The van der Waals surface area contributed by atoms with Crippen LogP contribution in [0, 0.1) is 0 Å². The lowest BCUT2D eigenvalue weighted by molar-refractivity contribution is -0.121. The fraction of sp³-hybridized carbons (Fsp3) is 0.0800. The van der Waals surface area contributed by atoms with Crippen LogP contribution in [0.1, 0.15) is 5.56 Å². The first-order chi connectivity index (χ1) is 15.2. The predicted octanol–water partition coefficient (Wildman–Crippen LogP) is 3.87. The zero-order chi connectivity index (χ0) is 21.6. The molecular formula is C25H21N3O3. The number of hydrogen-bond acceptors (Lipinski definition) is 4. The van der Waals surface area contributed by atoms with E-state index in [0.29, 0.717) is 34.2 Å².